The first kappa shape index (κ1) is 20.4. The van der Waals surface area contributed by atoms with Gasteiger partial charge in [-0.2, -0.15) is 5.10 Å². The van der Waals surface area contributed by atoms with Crippen molar-refractivity contribution in [3.63, 3.8) is 0 Å². The number of carbonyl (C=O) groups excluding carboxylic acids is 2. The molecule has 0 saturated heterocycles. The highest BCUT2D eigenvalue weighted by molar-refractivity contribution is 6.30. The number of ether oxygens (including phenoxy) is 2. The molecule has 0 fully saturated rings. The van der Waals surface area contributed by atoms with Crippen molar-refractivity contribution in [3.05, 3.63) is 88.4 Å². The molecule has 0 atom stereocenters. The van der Waals surface area contributed by atoms with Crippen LogP contribution in [-0.2, 0) is 0 Å². The Hall–Kier alpha value is -3.84. The molecule has 0 bridgehead atoms. The number of hydrogen-bond donors (Lipinski definition) is 2. The Morgan fingerprint density at radius 1 is 0.839 bits per heavy atom. The van der Waals surface area contributed by atoms with Gasteiger partial charge in [-0.15, -0.1) is 0 Å². The predicted octanol–water partition coefficient (Wildman–Crippen LogP) is 4.48. The minimum Gasteiger partial charge on any atom is -0.454 e. The van der Waals surface area contributed by atoms with Crippen molar-refractivity contribution < 1.29 is 19.1 Å². The summed E-state index contributed by atoms with van der Waals surface area (Å²) in [6.45, 7) is 1.93. The molecule has 0 unspecified atom stereocenters. The molecule has 1 aliphatic rings. The van der Waals surface area contributed by atoms with Crippen LogP contribution in [0.3, 0.4) is 0 Å². The van der Waals surface area contributed by atoms with E-state index in [1.165, 1.54) is 0 Å². The Labute approximate surface area is 183 Å². The van der Waals surface area contributed by atoms with Gasteiger partial charge in [0.05, 0.1) is 5.71 Å². The Balaban J connectivity index is 1.37. The minimum absolute atomic E-state index is 0.147. The smallest absolute Gasteiger partial charge is 0.271 e. The van der Waals surface area contributed by atoms with Crippen molar-refractivity contribution in [1.29, 1.82) is 0 Å². The van der Waals surface area contributed by atoms with E-state index in [4.69, 9.17) is 21.1 Å². The first-order valence-electron chi connectivity index (χ1n) is 9.41. The normalized spacial score (nSPS) is 12.4. The summed E-state index contributed by atoms with van der Waals surface area (Å²) in [5.74, 6) is 0.555. The maximum absolute atomic E-state index is 12.3. The second-order valence-corrected chi connectivity index (χ2v) is 7.18. The van der Waals surface area contributed by atoms with Crippen LogP contribution in [0.4, 0.5) is 5.69 Å². The van der Waals surface area contributed by atoms with E-state index in [0.29, 0.717) is 39.0 Å². The van der Waals surface area contributed by atoms with Crippen molar-refractivity contribution in [2.24, 2.45) is 5.10 Å². The van der Waals surface area contributed by atoms with Crippen LogP contribution in [-0.4, -0.2) is 24.3 Å². The second-order valence-electron chi connectivity index (χ2n) is 6.74. The van der Waals surface area contributed by atoms with Crippen molar-refractivity contribution in [2.75, 3.05) is 12.1 Å². The number of halogens is 1. The molecule has 0 aromatic heterocycles. The molecule has 0 aliphatic carbocycles. The standard InChI is InChI=1S/C23H18ClN3O4/c1-14(26-27-23(29)17-6-11-20-21(12-17)31-13-30-20)15-4-9-19(10-5-15)25-22(28)16-2-7-18(24)8-3-16/h2-12H,13H2,1H3,(H,25,28)(H,27,29)/b26-14+. The van der Waals surface area contributed by atoms with Gasteiger partial charge in [-0.25, -0.2) is 5.43 Å². The average molecular weight is 436 g/mol. The van der Waals surface area contributed by atoms with Gasteiger partial charge in [-0.1, -0.05) is 23.7 Å². The molecule has 156 valence electrons. The lowest BCUT2D eigenvalue weighted by Gasteiger charge is -2.07. The Morgan fingerprint density at radius 3 is 2.23 bits per heavy atom. The number of anilines is 1. The summed E-state index contributed by atoms with van der Waals surface area (Å²) in [6.07, 6.45) is 0. The molecule has 0 spiro atoms. The quantitative estimate of drug-likeness (QED) is 0.457. The SMILES string of the molecule is C/C(=N\NC(=O)c1ccc2c(c1)OCO2)c1ccc(NC(=O)c2ccc(Cl)cc2)cc1. The number of benzene rings is 3. The Bertz CT molecular complexity index is 1160. The minimum atomic E-state index is -0.357. The average Bonchev–Trinajstić information content (AvgIpc) is 3.26. The topological polar surface area (TPSA) is 89.0 Å². The van der Waals surface area contributed by atoms with Crippen LogP contribution in [0.25, 0.3) is 0 Å². The van der Waals surface area contributed by atoms with Crippen molar-refractivity contribution >= 4 is 34.8 Å². The Kier molecular flexibility index (Phi) is 5.86. The summed E-state index contributed by atoms with van der Waals surface area (Å²) < 4.78 is 10.5. The van der Waals surface area contributed by atoms with Gasteiger partial charge >= 0.3 is 0 Å². The first-order valence-corrected chi connectivity index (χ1v) is 9.79. The Morgan fingerprint density at radius 2 is 1.48 bits per heavy atom. The van der Waals surface area contributed by atoms with E-state index in [-0.39, 0.29) is 18.6 Å². The second kappa shape index (κ2) is 8.89. The molecule has 7 nitrogen and oxygen atoms in total. The van der Waals surface area contributed by atoms with Crippen LogP contribution in [0.2, 0.25) is 5.02 Å². The van der Waals surface area contributed by atoms with Gasteiger partial charge in [-0.3, -0.25) is 9.59 Å². The molecule has 1 aliphatic heterocycles. The molecule has 8 heteroatoms. The molecule has 1 heterocycles. The molecule has 31 heavy (non-hydrogen) atoms. The van der Waals surface area contributed by atoms with Crippen molar-refractivity contribution in [2.45, 2.75) is 6.92 Å². The zero-order valence-electron chi connectivity index (χ0n) is 16.5. The highest BCUT2D eigenvalue weighted by atomic mass is 35.5. The number of nitrogens with one attached hydrogen (secondary N) is 2. The fraction of sp³-hybridized carbons (Fsp3) is 0.0870. The fourth-order valence-corrected chi connectivity index (χ4v) is 3.03. The van der Waals surface area contributed by atoms with E-state index in [0.717, 1.165) is 5.56 Å². The van der Waals surface area contributed by atoms with Crippen molar-refractivity contribution in [1.82, 2.24) is 5.43 Å². The lowest BCUT2D eigenvalue weighted by molar-refractivity contribution is 0.0953. The van der Waals surface area contributed by atoms with Crippen LogP contribution in [0.15, 0.2) is 71.8 Å². The van der Waals surface area contributed by atoms with E-state index in [1.54, 1.807) is 61.5 Å². The summed E-state index contributed by atoms with van der Waals surface area (Å²) in [7, 11) is 0. The number of fused-ring (bicyclic) bond motifs is 1. The summed E-state index contributed by atoms with van der Waals surface area (Å²) in [4.78, 5) is 24.6. The molecule has 0 radical (unpaired) electrons. The fourth-order valence-electron chi connectivity index (χ4n) is 2.90. The van der Waals surface area contributed by atoms with E-state index in [1.807, 2.05) is 12.1 Å². The number of hydrogen-bond acceptors (Lipinski definition) is 5. The maximum Gasteiger partial charge on any atom is 0.271 e. The van der Waals surface area contributed by atoms with Gasteiger partial charge in [0, 0.05) is 21.8 Å². The largest absolute Gasteiger partial charge is 0.454 e. The number of rotatable bonds is 5. The molecule has 2 N–H and O–H groups in total. The van der Waals surface area contributed by atoms with Gasteiger partial charge in [0.15, 0.2) is 11.5 Å². The predicted molar refractivity (Wildman–Crippen MR) is 118 cm³/mol. The molecule has 3 aromatic rings. The maximum atomic E-state index is 12.3. The lowest BCUT2D eigenvalue weighted by atomic mass is 10.1. The number of nitrogens with zero attached hydrogens (tertiary/aromatic N) is 1. The van der Waals surface area contributed by atoms with E-state index < -0.39 is 0 Å². The van der Waals surface area contributed by atoms with Gasteiger partial charge in [-0.05, 0) is 67.1 Å². The highest BCUT2D eigenvalue weighted by Gasteiger charge is 2.16. The molecule has 3 aromatic carbocycles. The number of carbonyl (C=O) groups is 2. The molecule has 4 rings (SSSR count). The monoisotopic (exact) mass is 435 g/mol. The third-order valence-electron chi connectivity index (χ3n) is 4.63. The summed E-state index contributed by atoms with van der Waals surface area (Å²) in [5, 5.41) is 7.55. The van der Waals surface area contributed by atoms with Gasteiger partial charge < -0.3 is 14.8 Å². The summed E-state index contributed by atoms with van der Waals surface area (Å²) >= 11 is 5.85. The van der Waals surface area contributed by atoms with Crippen molar-refractivity contribution in [3.8, 4) is 11.5 Å². The molecule has 0 saturated carbocycles. The molecular formula is C23H18ClN3O4. The lowest BCUT2D eigenvalue weighted by Crippen LogP contribution is -2.19. The molecule has 2 amide bonds. The van der Waals surface area contributed by atoms with Gasteiger partial charge in [0.1, 0.15) is 0 Å². The third kappa shape index (κ3) is 4.84. The van der Waals surface area contributed by atoms with Gasteiger partial charge in [0.25, 0.3) is 11.8 Å². The van der Waals surface area contributed by atoms with E-state index in [9.17, 15) is 9.59 Å². The number of amides is 2. The zero-order valence-corrected chi connectivity index (χ0v) is 17.3. The van der Waals surface area contributed by atoms with E-state index >= 15 is 0 Å². The van der Waals surface area contributed by atoms with Gasteiger partial charge in [0.2, 0.25) is 6.79 Å². The zero-order chi connectivity index (χ0) is 21.8. The summed E-state index contributed by atoms with van der Waals surface area (Å²) in [5.41, 5.74) is 5.52. The van der Waals surface area contributed by atoms with Crippen LogP contribution in [0, 0.1) is 0 Å². The molecular weight excluding hydrogens is 418 g/mol. The van der Waals surface area contributed by atoms with Crippen LogP contribution in [0.5, 0.6) is 11.5 Å². The van der Waals surface area contributed by atoms with Crippen LogP contribution in [0.1, 0.15) is 33.2 Å². The van der Waals surface area contributed by atoms with Crippen LogP contribution < -0.4 is 20.2 Å². The van der Waals surface area contributed by atoms with Crippen LogP contribution >= 0.6 is 11.6 Å². The highest BCUT2D eigenvalue weighted by Crippen LogP contribution is 2.32. The third-order valence-corrected chi connectivity index (χ3v) is 4.88. The first-order chi connectivity index (χ1) is 15.0. The number of hydrazone groups is 1. The van der Waals surface area contributed by atoms with E-state index in [2.05, 4.69) is 15.8 Å². The summed E-state index contributed by atoms with van der Waals surface area (Å²) in [6, 6.07) is 18.7.